The van der Waals surface area contributed by atoms with Crippen LogP contribution in [-0.2, 0) is 15.6 Å². The van der Waals surface area contributed by atoms with Gasteiger partial charge in [0, 0.05) is 34.0 Å². The fraction of sp³-hybridized carbons (Fsp3) is 0.469. The van der Waals surface area contributed by atoms with Crippen LogP contribution in [0.2, 0.25) is 10.0 Å². The normalized spacial score (nSPS) is 20.4. The van der Waals surface area contributed by atoms with Crippen molar-refractivity contribution in [1.29, 1.82) is 0 Å². The van der Waals surface area contributed by atoms with E-state index in [1.54, 1.807) is 0 Å². The largest absolute Gasteiger partial charge is 0.444 e. The Morgan fingerprint density at radius 3 is 1.76 bits per heavy atom. The maximum absolute atomic E-state index is 12.2. The predicted molar refractivity (Wildman–Crippen MR) is 154 cm³/mol. The Kier molecular flexibility index (Phi) is 7.24. The number of rotatable bonds is 0. The lowest BCUT2D eigenvalue weighted by molar-refractivity contribution is 0.0184. The van der Waals surface area contributed by atoms with Crippen LogP contribution >= 0.6 is 23.2 Å². The minimum absolute atomic E-state index is 0.0540. The minimum atomic E-state index is -0.442. The second-order valence-corrected chi connectivity index (χ2v) is 12.8. The maximum atomic E-state index is 12.2. The number of amides is 1. The summed E-state index contributed by atoms with van der Waals surface area (Å²) >= 11 is 12.1. The Balaban J connectivity index is 0.000000162. The Morgan fingerprint density at radius 2 is 1.27 bits per heavy atom. The van der Waals surface area contributed by atoms with Crippen LogP contribution in [0.4, 0.5) is 4.79 Å². The molecule has 1 aliphatic heterocycles. The fourth-order valence-electron chi connectivity index (χ4n) is 6.40. The van der Waals surface area contributed by atoms with E-state index in [-0.39, 0.29) is 11.5 Å². The number of nitrogens with zero attached hydrogens (tertiary/aromatic N) is 1. The quantitative estimate of drug-likeness (QED) is 0.335. The van der Waals surface area contributed by atoms with E-state index >= 15 is 0 Å². The van der Waals surface area contributed by atoms with E-state index in [4.69, 9.17) is 27.9 Å². The molecule has 1 amide bonds. The molecule has 37 heavy (non-hydrogen) atoms. The summed E-state index contributed by atoms with van der Waals surface area (Å²) in [6, 6.07) is 12.4. The average Bonchev–Trinajstić information content (AvgIpc) is 3.37. The first kappa shape index (κ1) is 26.4. The molecule has 2 fully saturated rings. The van der Waals surface area contributed by atoms with Gasteiger partial charge >= 0.3 is 6.09 Å². The standard InChI is InChI=1S/C18H22ClNO2.C14H15Cl/c1-17(2,3)22-16(21)20-10-8-18(9-11-20)7-6-13-12-14(19)4-5-15(13)18;15-12-4-5-13-11(10-12)6-9-14(13)7-2-1-3-8-14/h4-7,12H,8-11H2,1-3H3;4-6,9-10H,1-3,7-8H2. The van der Waals surface area contributed by atoms with Gasteiger partial charge in [0.05, 0.1) is 0 Å². The number of carbonyl (C=O) groups excluding carboxylic acids is 1. The highest BCUT2D eigenvalue weighted by molar-refractivity contribution is 6.31. The van der Waals surface area contributed by atoms with Gasteiger partial charge in [0.15, 0.2) is 0 Å². The number of carbonyl (C=O) groups is 1. The molecule has 4 aliphatic rings. The van der Waals surface area contributed by atoms with Crippen molar-refractivity contribution in [3.05, 3.63) is 80.8 Å². The second kappa shape index (κ2) is 10.2. The Labute approximate surface area is 231 Å². The molecule has 1 heterocycles. The molecule has 6 rings (SSSR count). The summed E-state index contributed by atoms with van der Waals surface area (Å²) < 4.78 is 5.46. The van der Waals surface area contributed by atoms with Gasteiger partial charge in [0.1, 0.15) is 5.60 Å². The molecule has 5 heteroatoms. The molecule has 0 aromatic heterocycles. The highest BCUT2D eigenvalue weighted by atomic mass is 35.5. The van der Waals surface area contributed by atoms with Crippen LogP contribution in [0.15, 0.2) is 48.6 Å². The highest BCUT2D eigenvalue weighted by Gasteiger charge is 2.40. The van der Waals surface area contributed by atoms with Gasteiger partial charge in [0.2, 0.25) is 0 Å². The molecule has 196 valence electrons. The lowest BCUT2D eigenvalue weighted by atomic mass is 9.71. The summed E-state index contributed by atoms with van der Waals surface area (Å²) in [5.74, 6) is 0. The predicted octanol–water partition coefficient (Wildman–Crippen LogP) is 9.20. The van der Waals surface area contributed by atoms with Crippen molar-refractivity contribution in [1.82, 2.24) is 4.90 Å². The zero-order valence-corrected chi connectivity index (χ0v) is 23.7. The van der Waals surface area contributed by atoms with Gasteiger partial charge in [-0.25, -0.2) is 4.79 Å². The van der Waals surface area contributed by atoms with Crippen molar-refractivity contribution in [2.24, 2.45) is 0 Å². The van der Waals surface area contributed by atoms with Crippen LogP contribution in [0.3, 0.4) is 0 Å². The summed E-state index contributed by atoms with van der Waals surface area (Å²) in [5.41, 5.74) is 5.36. The number of piperidine rings is 1. The van der Waals surface area contributed by atoms with Gasteiger partial charge < -0.3 is 9.64 Å². The molecule has 0 unspecified atom stereocenters. The summed E-state index contributed by atoms with van der Waals surface area (Å²) in [6.07, 6.45) is 17.5. The number of hydrogen-bond donors (Lipinski definition) is 0. The Morgan fingerprint density at radius 1 is 0.784 bits per heavy atom. The van der Waals surface area contributed by atoms with Crippen LogP contribution < -0.4 is 0 Å². The summed E-state index contributed by atoms with van der Waals surface area (Å²) in [7, 11) is 0. The van der Waals surface area contributed by atoms with E-state index in [9.17, 15) is 4.79 Å². The van der Waals surface area contributed by atoms with Crippen molar-refractivity contribution >= 4 is 41.4 Å². The molecule has 0 bridgehead atoms. The smallest absolute Gasteiger partial charge is 0.410 e. The molecule has 3 aliphatic carbocycles. The molecule has 2 aromatic rings. The number of benzene rings is 2. The molecule has 1 saturated carbocycles. The lowest BCUT2D eigenvalue weighted by Crippen LogP contribution is -2.45. The SMILES string of the molecule is CC(C)(C)OC(=O)N1CCC2(C=Cc3cc(Cl)ccc32)CC1.Clc1ccc2c(c1)C=CC21CCCCC1. The third kappa shape index (κ3) is 5.49. The summed E-state index contributed by atoms with van der Waals surface area (Å²) in [6.45, 7) is 7.14. The van der Waals surface area contributed by atoms with Crippen LogP contribution in [0.5, 0.6) is 0 Å². The van der Waals surface area contributed by atoms with E-state index in [2.05, 4.69) is 42.5 Å². The zero-order valence-electron chi connectivity index (χ0n) is 22.2. The molecule has 0 radical (unpaired) electrons. The monoisotopic (exact) mass is 537 g/mol. The van der Waals surface area contributed by atoms with Crippen LogP contribution in [-0.4, -0.2) is 29.7 Å². The van der Waals surface area contributed by atoms with Crippen molar-refractivity contribution in [2.75, 3.05) is 13.1 Å². The number of ether oxygens (including phenoxy) is 1. The third-order valence-corrected chi connectivity index (χ3v) is 8.79. The maximum Gasteiger partial charge on any atom is 0.410 e. The van der Waals surface area contributed by atoms with E-state index < -0.39 is 5.60 Å². The first-order chi connectivity index (χ1) is 17.6. The first-order valence-electron chi connectivity index (χ1n) is 13.6. The van der Waals surface area contributed by atoms with Gasteiger partial charge in [0.25, 0.3) is 0 Å². The fourth-order valence-corrected chi connectivity index (χ4v) is 6.76. The lowest BCUT2D eigenvalue weighted by Gasteiger charge is -2.39. The molecule has 1 saturated heterocycles. The van der Waals surface area contributed by atoms with Crippen molar-refractivity contribution < 1.29 is 9.53 Å². The van der Waals surface area contributed by atoms with Crippen molar-refractivity contribution in [3.8, 4) is 0 Å². The molecular formula is C32H37Cl2NO2. The zero-order chi connectivity index (χ0) is 26.3. The molecule has 2 spiro atoms. The molecule has 2 aromatic carbocycles. The molecular weight excluding hydrogens is 501 g/mol. The second-order valence-electron chi connectivity index (χ2n) is 12.0. The summed E-state index contributed by atoms with van der Waals surface area (Å²) in [5, 5.41) is 1.62. The molecule has 0 N–H and O–H groups in total. The number of allylic oxidation sites excluding steroid dienone is 2. The van der Waals surface area contributed by atoms with E-state index in [0.717, 1.165) is 36.0 Å². The van der Waals surface area contributed by atoms with Crippen LogP contribution in [0.1, 0.15) is 88.0 Å². The molecule has 3 nitrogen and oxygen atoms in total. The topological polar surface area (TPSA) is 29.5 Å². The summed E-state index contributed by atoms with van der Waals surface area (Å²) in [4.78, 5) is 14.0. The number of fused-ring (bicyclic) bond motifs is 4. The Hall–Kier alpha value is -2.23. The number of halogens is 2. The van der Waals surface area contributed by atoms with Gasteiger partial charge in [-0.15, -0.1) is 0 Å². The minimum Gasteiger partial charge on any atom is -0.444 e. The van der Waals surface area contributed by atoms with Crippen molar-refractivity contribution in [2.45, 2.75) is 82.1 Å². The van der Waals surface area contributed by atoms with Gasteiger partial charge in [-0.2, -0.15) is 0 Å². The first-order valence-corrected chi connectivity index (χ1v) is 14.3. The van der Waals surface area contributed by atoms with E-state index in [0.29, 0.717) is 5.41 Å². The van der Waals surface area contributed by atoms with E-state index in [1.165, 1.54) is 54.4 Å². The number of hydrogen-bond acceptors (Lipinski definition) is 2. The van der Waals surface area contributed by atoms with Crippen LogP contribution in [0, 0.1) is 0 Å². The van der Waals surface area contributed by atoms with Crippen LogP contribution in [0.25, 0.3) is 12.2 Å². The van der Waals surface area contributed by atoms with Gasteiger partial charge in [-0.3, -0.25) is 0 Å². The highest BCUT2D eigenvalue weighted by Crippen LogP contribution is 2.47. The third-order valence-electron chi connectivity index (χ3n) is 8.32. The average molecular weight is 539 g/mol. The van der Waals surface area contributed by atoms with Gasteiger partial charge in [-0.05, 0) is 93.0 Å². The van der Waals surface area contributed by atoms with Crippen molar-refractivity contribution in [3.63, 3.8) is 0 Å². The number of likely N-dealkylation sites (tertiary alicyclic amines) is 1. The van der Waals surface area contributed by atoms with Gasteiger partial charge in [-0.1, -0.05) is 78.9 Å². The van der Waals surface area contributed by atoms with E-state index in [1.807, 2.05) is 43.9 Å². The Bertz CT molecular complexity index is 1230. The molecule has 0 atom stereocenters.